The van der Waals surface area contributed by atoms with E-state index in [4.69, 9.17) is 23.8 Å². The Labute approximate surface area is 159 Å². The fraction of sp³-hybridized carbons (Fsp3) is 0.0556. The molecule has 2 aromatic rings. The van der Waals surface area contributed by atoms with Crippen LogP contribution in [-0.4, -0.2) is 21.3 Å². The molecule has 1 aliphatic heterocycles. The zero-order valence-electron chi connectivity index (χ0n) is 13.0. The highest BCUT2D eigenvalue weighted by Crippen LogP contribution is 2.36. The van der Waals surface area contributed by atoms with Gasteiger partial charge in [-0.3, -0.25) is 9.69 Å². The molecule has 126 valence electrons. The highest BCUT2D eigenvalue weighted by Gasteiger charge is 2.33. The molecule has 0 aromatic heterocycles. The number of anilines is 1. The molecule has 1 heterocycles. The van der Waals surface area contributed by atoms with Gasteiger partial charge in [0.25, 0.3) is 5.91 Å². The first-order valence-electron chi connectivity index (χ1n) is 7.24. The van der Waals surface area contributed by atoms with E-state index in [9.17, 15) is 14.7 Å². The van der Waals surface area contributed by atoms with E-state index in [2.05, 4.69) is 0 Å². The number of hydrogen-bond acceptors (Lipinski definition) is 4. The zero-order valence-corrected chi connectivity index (χ0v) is 15.4. The number of aromatic carboxylic acids is 1. The Morgan fingerprint density at radius 1 is 1.24 bits per heavy atom. The maximum Gasteiger partial charge on any atom is 0.336 e. The molecule has 3 rings (SSSR count). The third-order valence-electron chi connectivity index (χ3n) is 3.67. The molecule has 2 aromatic carbocycles. The topological polar surface area (TPSA) is 57.6 Å². The maximum atomic E-state index is 12.7. The van der Waals surface area contributed by atoms with Crippen molar-refractivity contribution in [3.05, 3.63) is 69.1 Å². The Balaban J connectivity index is 1.95. The second kappa shape index (κ2) is 7.00. The SMILES string of the molecule is Cc1ccc(N2C(=O)/C(=C/c3ccc(Cl)cc3)SC2=S)cc1C(=O)O. The summed E-state index contributed by atoms with van der Waals surface area (Å²) in [6, 6.07) is 11.9. The molecule has 25 heavy (non-hydrogen) atoms. The van der Waals surface area contributed by atoms with Gasteiger partial charge < -0.3 is 5.11 Å². The second-order valence-corrected chi connectivity index (χ2v) is 7.49. The van der Waals surface area contributed by atoms with E-state index >= 15 is 0 Å². The van der Waals surface area contributed by atoms with Gasteiger partial charge in [-0.15, -0.1) is 0 Å². The van der Waals surface area contributed by atoms with Gasteiger partial charge in [0.05, 0.1) is 16.2 Å². The van der Waals surface area contributed by atoms with Gasteiger partial charge in [0.1, 0.15) is 0 Å². The molecule has 4 nitrogen and oxygen atoms in total. The predicted molar refractivity (Wildman–Crippen MR) is 105 cm³/mol. The highest BCUT2D eigenvalue weighted by molar-refractivity contribution is 8.27. The predicted octanol–water partition coefficient (Wildman–Crippen LogP) is 4.75. The Morgan fingerprint density at radius 3 is 2.56 bits per heavy atom. The largest absolute Gasteiger partial charge is 0.478 e. The molecule has 0 unspecified atom stereocenters. The van der Waals surface area contributed by atoms with Crippen LogP contribution in [0.25, 0.3) is 6.08 Å². The molecular formula is C18H12ClNO3S2. The highest BCUT2D eigenvalue weighted by atomic mass is 35.5. The van der Waals surface area contributed by atoms with E-state index in [0.717, 1.165) is 5.56 Å². The number of rotatable bonds is 3. The minimum absolute atomic E-state index is 0.147. The average Bonchev–Trinajstić information content (AvgIpc) is 2.84. The van der Waals surface area contributed by atoms with Crippen LogP contribution in [0.1, 0.15) is 21.5 Å². The lowest BCUT2D eigenvalue weighted by molar-refractivity contribution is -0.113. The van der Waals surface area contributed by atoms with Crippen molar-refractivity contribution in [2.24, 2.45) is 0 Å². The number of thiocarbonyl (C=S) groups is 1. The first-order valence-corrected chi connectivity index (χ1v) is 8.84. The zero-order chi connectivity index (χ0) is 18.1. The summed E-state index contributed by atoms with van der Waals surface area (Å²) < 4.78 is 0.366. The quantitative estimate of drug-likeness (QED) is 0.606. The number of halogens is 1. The number of thioether (sulfide) groups is 1. The molecule has 0 atom stereocenters. The molecule has 1 amide bonds. The van der Waals surface area contributed by atoms with Gasteiger partial charge in [-0.05, 0) is 48.4 Å². The Morgan fingerprint density at radius 2 is 1.92 bits per heavy atom. The number of carbonyl (C=O) groups is 2. The maximum absolute atomic E-state index is 12.7. The van der Waals surface area contributed by atoms with E-state index in [-0.39, 0.29) is 11.5 Å². The third-order valence-corrected chi connectivity index (χ3v) is 5.23. The Bertz CT molecular complexity index is 922. The van der Waals surface area contributed by atoms with Gasteiger partial charge in [-0.2, -0.15) is 0 Å². The van der Waals surface area contributed by atoms with Crippen molar-refractivity contribution < 1.29 is 14.7 Å². The van der Waals surface area contributed by atoms with E-state index in [0.29, 0.717) is 25.5 Å². The molecular weight excluding hydrogens is 378 g/mol. The monoisotopic (exact) mass is 389 g/mol. The first kappa shape index (κ1) is 17.7. The van der Waals surface area contributed by atoms with Crippen LogP contribution in [0, 0.1) is 6.92 Å². The van der Waals surface area contributed by atoms with Crippen LogP contribution >= 0.6 is 35.6 Å². The Hall–Kier alpha value is -2.15. The molecule has 0 saturated carbocycles. The van der Waals surface area contributed by atoms with E-state index < -0.39 is 5.97 Å². The molecule has 1 N–H and O–H groups in total. The van der Waals surface area contributed by atoms with Crippen LogP contribution in [0.5, 0.6) is 0 Å². The molecule has 0 radical (unpaired) electrons. The van der Waals surface area contributed by atoms with Gasteiger partial charge >= 0.3 is 5.97 Å². The summed E-state index contributed by atoms with van der Waals surface area (Å²) in [5.41, 5.74) is 2.05. The number of carboxylic acids is 1. The van der Waals surface area contributed by atoms with Crippen molar-refractivity contribution in [3.63, 3.8) is 0 Å². The number of carboxylic acid groups (broad SMARTS) is 1. The Kier molecular flexibility index (Phi) is 4.94. The number of carbonyl (C=O) groups excluding carboxylic acids is 1. The normalized spacial score (nSPS) is 15.9. The van der Waals surface area contributed by atoms with E-state index in [1.54, 1.807) is 37.3 Å². The van der Waals surface area contributed by atoms with Crippen molar-refractivity contribution in [2.75, 3.05) is 4.90 Å². The average molecular weight is 390 g/mol. The van der Waals surface area contributed by atoms with Crippen LogP contribution < -0.4 is 4.90 Å². The summed E-state index contributed by atoms with van der Waals surface area (Å²) in [7, 11) is 0. The van der Waals surface area contributed by atoms with Gasteiger partial charge in [-0.25, -0.2) is 4.79 Å². The number of benzene rings is 2. The lowest BCUT2D eigenvalue weighted by Crippen LogP contribution is -2.27. The third kappa shape index (κ3) is 3.61. The van der Waals surface area contributed by atoms with E-state index in [1.807, 2.05) is 12.1 Å². The van der Waals surface area contributed by atoms with Crippen LogP contribution in [0.4, 0.5) is 5.69 Å². The number of amides is 1. The molecule has 1 fully saturated rings. The lowest BCUT2D eigenvalue weighted by Gasteiger charge is -2.15. The van der Waals surface area contributed by atoms with Gasteiger partial charge in [0, 0.05) is 5.02 Å². The fourth-order valence-electron chi connectivity index (χ4n) is 2.38. The second-order valence-electron chi connectivity index (χ2n) is 5.37. The van der Waals surface area contributed by atoms with Gasteiger partial charge in [0.2, 0.25) is 0 Å². The van der Waals surface area contributed by atoms with Crippen LogP contribution in [0.3, 0.4) is 0 Å². The van der Waals surface area contributed by atoms with Crippen molar-refractivity contribution in [1.29, 1.82) is 0 Å². The summed E-state index contributed by atoms with van der Waals surface area (Å²) in [5, 5.41) is 9.89. The molecule has 1 saturated heterocycles. The molecule has 0 aliphatic carbocycles. The molecule has 0 bridgehead atoms. The molecule has 1 aliphatic rings. The van der Waals surface area contributed by atoms with E-state index in [1.165, 1.54) is 22.7 Å². The van der Waals surface area contributed by atoms with Crippen molar-refractivity contribution in [3.8, 4) is 0 Å². The summed E-state index contributed by atoms with van der Waals surface area (Å²) in [6.45, 7) is 1.71. The summed E-state index contributed by atoms with van der Waals surface area (Å²) in [6.07, 6.45) is 1.74. The minimum atomic E-state index is -1.04. The van der Waals surface area contributed by atoms with Crippen LogP contribution in [0.15, 0.2) is 47.4 Å². The number of hydrogen-bond donors (Lipinski definition) is 1. The van der Waals surface area contributed by atoms with Crippen molar-refractivity contribution in [2.45, 2.75) is 6.92 Å². The van der Waals surface area contributed by atoms with Crippen LogP contribution in [-0.2, 0) is 4.79 Å². The standard InChI is InChI=1S/C18H12ClNO3S2/c1-10-2-7-13(9-14(10)17(22)23)20-16(21)15(25-18(20)24)8-11-3-5-12(19)6-4-11/h2-9H,1H3,(H,22,23)/b15-8-. The molecule has 0 spiro atoms. The van der Waals surface area contributed by atoms with Gasteiger partial charge in [-0.1, -0.05) is 53.8 Å². The van der Waals surface area contributed by atoms with Gasteiger partial charge in [0.15, 0.2) is 4.32 Å². The number of nitrogens with zero attached hydrogens (tertiary/aromatic N) is 1. The van der Waals surface area contributed by atoms with Crippen molar-refractivity contribution in [1.82, 2.24) is 0 Å². The smallest absolute Gasteiger partial charge is 0.336 e. The fourth-order valence-corrected chi connectivity index (χ4v) is 3.81. The minimum Gasteiger partial charge on any atom is -0.478 e. The summed E-state index contributed by atoms with van der Waals surface area (Å²) >= 11 is 12.4. The van der Waals surface area contributed by atoms with Crippen molar-refractivity contribution >= 4 is 63.5 Å². The lowest BCUT2D eigenvalue weighted by atomic mass is 10.1. The number of aryl methyl sites for hydroxylation is 1. The first-order chi connectivity index (χ1) is 11.9. The summed E-state index contributed by atoms with van der Waals surface area (Å²) in [5.74, 6) is -1.31. The molecule has 7 heteroatoms. The van der Waals surface area contributed by atoms with Crippen LogP contribution in [0.2, 0.25) is 5.02 Å². The summed E-state index contributed by atoms with van der Waals surface area (Å²) in [4.78, 5) is 25.9.